The van der Waals surface area contributed by atoms with Crippen LogP contribution in [0.5, 0.6) is 0 Å². The molecule has 0 aliphatic carbocycles. The fourth-order valence-electron chi connectivity index (χ4n) is 1.53. The Labute approximate surface area is 127 Å². The first-order valence-electron chi connectivity index (χ1n) is 5.86. The molecule has 3 aromatic heterocycles. The highest BCUT2D eigenvalue weighted by Gasteiger charge is 2.12. The molecule has 0 aliphatic heterocycles. The van der Waals surface area contributed by atoms with Crippen molar-refractivity contribution < 1.29 is 18.7 Å². The molecule has 3 rings (SSSR count). The summed E-state index contributed by atoms with van der Waals surface area (Å²) in [6.07, 6.45) is 1.47. The van der Waals surface area contributed by atoms with Crippen LogP contribution < -0.4 is 0 Å². The van der Waals surface area contributed by atoms with E-state index in [0.717, 1.165) is 4.34 Å². The number of thioether (sulfide) groups is 1. The fourth-order valence-corrected chi connectivity index (χ4v) is 3.21. The molecule has 0 bridgehead atoms. The van der Waals surface area contributed by atoms with E-state index in [1.165, 1.54) is 29.4 Å². The molecule has 21 heavy (non-hydrogen) atoms. The second-order valence-corrected chi connectivity index (χ2v) is 6.02. The summed E-state index contributed by atoms with van der Waals surface area (Å²) in [4.78, 5) is 14.8. The van der Waals surface area contributed by atoms with Gasteiger partial charge in [-0.25, -0.2) is 4.98 Å². The zero-order chi connectivity index (χ0) is 14.7. The molecule has 108 valence electrons. The predicted molar refractivity (Wildman–Crippen MR) is 75.0 cm³/mol. The summed E-state index contributed by atoms with van der Waals surface area (Å²) in [6.45, 7) is 0. The highest BCUT2D eigenvalue weighted by atomic mass is 32.2. The average Bonchev–Trinajstić information content (AvgIpc) is 3.17. The molecule has 3 heterocycles. The summed E-state index contributed by atoms with van der Waals surface area (Å²) in [5.74, 6) is 0.893. The SMILES string of the molecule is O=C(O)Cc1csc(SCc2nnc(-c3ccco3)o2)n1. The maximum atomic E-state index is 10.6. The number of aliphatic carboxylic acids is 1. The highest BCUT2D eigenvalue weighted by molar-refractivity contribution is 8.00. The van der Waals surface area contributed by atoms with Crippen molar-refractivity contribution >= 4 is 29.1 Å². The molecule has 0 aromatic carbocycles. The molecule has 0 atom stereocenters. The van der Waals surface area contributed by atoms with Crippen molar-refractivity contribution in [1.29, 1.82) is 0 Å². The standard InChI is InChI=1S/C12H9N3O4S2/c16-10(17)4-7-5-20-12(13-7)21-6-9-14-15-11(19-9)8-2-1-3-18-8/h1-3,5H,4,6H2,(H,16,17). The smallest absolute Gasteiger partial charge is 0.309 e. The van der Waals surface area contributed by atoms with Crippen LogP contribution in [-0.2, 0) is 17.0 Å². The summed E-state index contributed by atoms with van der Waals surface area (Å²) in [5.41, 5.74) is 0.553. The van der Waals surface area contributed by atoms with Crippen LogP contribution in [0.4, 0.5) is 0 Å². The third kappa shape index (κ3) is 3.50. The second-order valence-electron chi connectivity index (χ2n) is 3.94. The molecule has 0 amide bonds. The van der Waals surface area contributed by atoms with Gasteiger partial charge in [-0.15, -0.1) is 21.5 Å². The molecule has 0 radical (unpaired) electrons. The average molecular weight is 323 g/mol. The third-order valence-electron chi connectivity index (χ3n) is 2.38. The Kier molecular flexibility index (Phi) is 4.02. The van der Waals surface area contributed by atoms with Crippen LogP contribution in [0.3, 0.4) is 0 Å². The molecule has 9 heteroatoms. The van der Waals surface area contributed by atoms with E-state index >= 15 is 0 Å². The van der Waals surface area contributed by atoms with Gasteiger partial charge in [0.1, 0.15) is 0 Å². The molecule has 0 unspecified atom stereocenters. The summed E-state index contributed by atoms with van der Waals surface area (Å²) in [6, 6.07) is 3.48. The number of carboxylic acids is 1. The number of nitrogens with zero attached hydrogens (tertiary/aromatic N) is 3. The first kappa shape index (κ1) is 13.8. The Morgan fingerprint density at radius 1 is 1.43 bits per heavy atom. The van der Waals surface area contributed by atoms with E-state index in [0.29, 0.717) is 29.0 Å². The van der Waals surface area contributed by atoms with Crippen molar-refractivity contribution in [2.75, 3.05) is 0 Å². The lowest BCUT2D eigenvalue weighted by atomic mass is 10.3. The minimum absolute atomic E-state index is 0.0692. The van der Waals surface area contributed by atoms with E-state index in [1.54, 1.807) is 17.5 Å². The second kappa shape index (κ2) is 6.10. The largest absolute Gasteiger partial charge is 0.481 e. The molecular formula is C12H9N3O4S2. The van der Waals surface area contributed by atoms with Gasteiger partial charge in [0, 0.05) is 5.38 Å². The quantitative estimate of drug-likeness (QED) is 0.691. The van der Waals surface area contributed by atoms with E-state index in [4.69, 9.17) is 13.9 Å². The molecule has 0 fully saturated rings. The first-order chi connectivity index (χ1) is 10.2. The Bertz CT molecular complexity index is 735. The molecule has 0 saturated carbocycles. The normalized spacial score (nSPS) is 10.9. The van der Waals surface area contributed by atoms with Crippen LogP contribution in [0.25, 0.3) is 11.7 Å². The lowest BCUT2D eigenvalue weighted by Crippen LogP contribution is -1.99. The number of hydrogen-bond acceptors (Lipinski definition) is 8. The number of thiazole rings is 1. The Morgan fingerprint density at radius 3 is 3.10 bits per heavy atom. The number of carbonyl (C=O) groups is 1. The van der Waals surface area contributed by atoms with Gasteiger partial charge < -0.3 is 13.9 Å². The number of carboxylic acid groups (broad SMARTS) is 1. The van der Waals surface area contributed by atoms with Crippen molar-refractivity contribution in [3.8, 4) is 11.7 Å². The predicted octanol–water partition coefficient (Wildman–Crippen LogP) is 2.71. The van der Waals surface area contributed by atoms with Crippen LogP contribution in [-0.4, -0.2) is 26.3 Å². The number of hydrogen-bond donors (Lipinski definition) is 1. The Hall–Kier alpha value is -2.13. The topological polar surface area (TPSA) is 102 Å². The van der Waals surface area contributed by atoms with Gasteiger partial charge in [0.2, 0.25) is 5.89 Å². The summed E-state index contributed by atoms with van der Waals surface area (Å²) < 4.78 is 11.4. The summed E-state index contributed by atoms with van der Waals surface area (Å²) in [5, 5.41) is 18.3. The number of aromatic nitrogens is 3. The van der Waals surface area contributed by atoms with Crippen molar-refractivity contribution in [2.45, 2.75) is 16.5 Å². The maximum Gasteiger partial charge on any atom is 0.309 e. The zero-order valence-electron chi connectivity index (χ0n) is 10.6. The minimum Gasteiger partial charge on any atom is -0.481 e. The molecule has 7 nitrogen and oxygen atoms in total. The van der Waals surface area contributed by atoms with Crippen molar-refractivity contribution in [1.82, 2.24) is 15.2 Å². The molecule has 1 N–H and O–H groups in total. The molecular weight excluding hydrogens is 314 g/mol. The number of furan rings is 1. The van der Waals surface area contributed by atoms with Crippen LogP contribution >= 0.6 is 23.1 Å². The van der Waals surface area contributed by atoms with Crippen molar-refractivity contribution in [3.63, 3.8) is 0 Å². The van der Waals surface area contributed by atoms with E-state index < -0.39 is 5.97 Å². The summed E-state index contributed by atoms with van der Waals surface area (Å²) >= 11 is 2.82. The Balaban J connectivity index is 1.60. The highest BCUT2D eigenvalue weighted by Crippen LogP contribution is 2.27. The van der Waals surface area contributed by atoms with Gasteiger partial charge in [-0.2, -0.15) is 0 Å². The van der Waals surface area contributed by atoms with E-state index in [2.05, 4.69) is 15.2 Å². The van der Waals surface area contributed by atoms with E-state index in [9.17, 15) is 4.79 Å². The monoisotopic (exact) mass is 323 g/mol. The summed E-state index contributed by atoms with van der Waals surface area (Å²) in [7, 11) is 0. The maximum absolute atomic E-state index is 10.6. The Morgan fingerprint density at radius 2 is 2.33 bits per heavy atom. The molecule has 0 spiro atoms. The van der Waals surface area contributed by atoms with Gasteiger partial charge in [-0.1, -0.05) is 11.8 Å². The van der Waals surface area contributed by atoms with Gasteiger partial charge in [0.15, 0.2) is 10.1 Å². The van der Waals surface area contributed by atoms with Gasteiger partial charge in [-0.05, 0) is 12.1 Å². The van der Waals surface area contributed by atoms with E-state index in [1.807, 2.05) is 0 Å². The molecule has 0 aliphatic rings. The zero-order valence-corrected chi connectivity index (χ0v) is 12.2. The lowest BCUT2D eigenvalue weighted by molar-refractivity contribution is -0.136. The van der Waals surface area contributed by atoms with Crippen molar-refractivity contribution in [3.05, 3.63) is 35.4 Å². The van der Waals surface area contributed by atoms with Crippen LogP contribution in [0.1, 0.15) is 11.6 Å². The van der Waals surface area contributed by atoms with Gasteiger partial charge in [-0.3, -0.25) is 4.79 Å². The van der Waals surface area contributed by atoms with Crippen LogP contribution in [0.2, 0.25) is 0 Å². The minimum atomic E-state index is -0.892. The first-order valence-corrected chi connectivity index (χ1v) is 7.72. The molecule has 3 aromatic rings. The lowest BCUT2D eigenvalue weighted by Gasteiger charge is -1.92. The van der Waals surface area contributed by atoms with Crippen LogP contribution in [0, 0.1) is 0 Å². The van der Waals surface area contributed by atoms with Crippen LogP contribution in [0.15, 0.2) is 36.9 Å². The third-order valence-corrected chi connectivity index (χ3v) is 4.44. The van der Waals surface area contributed by atoms with Crippen molar-refractivity contribution in [2.24, 2.45) is 0 Å². The van der Waals surface area contributed by atoms with Gasteiger partial charge in [0.05, 0.1) is 24.1 Å². The van der Waals surface area contributed by atoms with Gasteiger partial charge in [0.25, 0.3) is 5.89 Å². The molecule has 0 saturated heterocycles. The van der Waals surface area contributed by atoms with E-state index in [-0.39, 0.29) is 6.42 Å². The van der Waals surface area contributed by atoms with Gasteiger partial charge >= 0.3 is 5.97 Å². The fraction of sp³-hybridized carbons (Fsp3) is 0.167. The number of rotatable bonds is 6.